The van der Waals surface area contributed by atoms with E-state index in [0.717, 1.165) is 0 Å². The molecule has 6 heteroatoms. The first-order chi connectivity index (χ1) is 9.36. The molecular weight excluding hydrogens is 301 g/mol. The Labute approximate surface area is 128 Å². The average Bonchev–Trinajstić information content (AvgIpc) is 2.39. The van der Waals surface area contributed by atoms with Crippen LogP contribution in [0.3, 0.4) is 0 Å². The lowest BCUT2D eigenvalue weighted by Gasteiger charge is -2.20. The van der Waals surface area contributed by atoms with Crippen LogP contribution in [0.1, 0.15) is 25.8 Å². The first-order valence-electron chi connectivity index (χ1n) is 6.31. The topological polar surface area (TPSA) is 66.4 Å². The van der Waals surface area contributed by atoms with Crippen molar-refractivity contribution in [1.29, 1.82) is 0 Å². The Kier molecular flexibility index (Phi) is 6.30. The molecule has 1 aromatic carbocycles. The summed E-state index contributed by atoms with van der Waals surface area (Å²) < 4.78 is 0. The maximum Gasteiger partial charge on any atom is 0.326 e. The SMILES string of the molecule is CCC(C)[C@H](NC(=O)Cc1c(Cl)cccc1Cl)C(=O)O. The van der Waals surface area contributed by atoms with E-state index >= 15 is 0 Å². The number of carbonyl (C=O) groups excluding carboxylic acids is 1. The molecule has 0 aromatic heterocycles. The standard InChI is InChI=1S/C14H17Cl2NO3/c1-3-8(2)13(14(19)20)17-12(18)7-9-10(15)5-4-6-11(9)16/h4-6,8,13H,3,7H2,1-2H3,(H,17,18)(H,19,20)/t8?,13-/m0/s1. The molecule has 0 aliphatic carbocycles. The van der Waals surface area contributed by atoms with Gasteiger partial charge in [0.2, 0.25) is 5.91 Å². The molecule has 1 amide bonds. The van der Waals surface area contributed by atoms with Crippen LogP contribution in [-0.4, -0.2) is 23.0 Å². The van der Waals surface area contributed by atoms with Crippen LogP contribution in [0.25, 0.3) is 0 Å². The quantitative estimate of drug-likeness (QED) is 0.847. The third kappa shape index (κ3) is 4.39. The van der Waals surface area contributed by atoms with Crippen molar-refractivity contribution in [3.63, 3.8) is 0 Å². The first-order valence-corrected chi connectivity index (χ1v) is 7.07. The first kappa shape index (κ1) is 16.8. The van der Waals surface area contributed by atoms with Gasteiger partial charge in [-0.05, 0) is 23.6 Å². The Hall–Kier alpha value is -1.26. The third-order valence-corrected chi connectivity index (χ3v) is 3.90. The van der Waals surface area contributed by atoms with Gasteiger partial charge in [0.15, 0.2) is 0 Å². The second-order valence-electron chi connectivity index (χ2n) is 4.65. The highest BCUT2D eigenvalue weighted by Crippen LogP contribution is 2.24. The van der Waals surface area contributed by atoms with E-state index in [9.17, 15) is 9.59 Å². The summed E-state index contributed by atoms with van der Waals surface area (Å²) in [4.78, 5) is 23.1. The molecule has 0 aliphatic rings. The van der Waals surface area contributed by atoms with Gasteiger partial charge in [-0.15, -0.1) is 0 Å². The van der Waals surface area contributed by atoms with Crippen LogP contribution in [0.4, 0.5) is 0 Å². The monoisotopic (exact) mass is 317 g/mol. The summed E-state index contributed by atoms with van der Waals surface area (Å²) >= 11 is 12.0. The minimum atomic E-state index is -1.04. The molecule has 0 radical (unpaired) electrons. The van der Waals surface area contributed by atoms with Crippen molar-refractivity contribution in [2.75, 3.05) is 0 Å². The van der Waals surface area contributed by atoms with Gasteiger partial charge in [0, 0.05) is 10.0 Å². The zero-order valence-corrected chi connectivity index (χ0v) is 12.8. The van der Waals surface area contributed by atoms with Crippen LogP contribution in [0.15, 0.2) is 18.2 Å². The van der Waals surface area contributed by atoms with Crippen molar-refractivity contribution >= 4 is 35.1 Å². The van der Waals surface area contributed by atoms with Crippen LogP contribution in [0.5, 0.6) is 0 Å². The highest BCUT2D eigenvalue weighted by molar-refractivity contribution is 6.36. The number of amides is 1. The molecule has 1 unspecified atom stereocenters. The molecule has 2 atom stereocenters. The van der Waals surface area contributed by atoms with Crippen LogP contribution >= 0.6 is 23.2 Å². The minimum absolute atomic E-state index is 0.0429. The second-order valence-corrected chi connectivity index (χ2v) is 5.46. The molecule has 110 valence electrons. The van der Waals surface area contributed by atoms with Crippen LogP contribution < -0.4 is 5.32 Å². The maximum atomic E-state index is 12.0. The van der Waals surface area contributed by atoms with Crippen molar-refractivity contribution in [2.24, 2.45) is 5.92 Å². The number of hydrogen-bond acceptors (Lipinski definition) is 2. The molecule has 0 saturated heterocycles. The molecule has 0 spiro atoms. The van der Waals surface area contributed by atoms with E-state index in [4.69, 9.17) is 28.3 Å². The number of carboxylic acids is 1. The molecule has 0 saturated carbocycles. The summed E-state index contributed by atoms with van der Waals surface area (Å²) in [6.45, 7) is 3.65. The van der Waals surface area contributed by atoms with Crippen molar-refractivity contribution in [2.45, 2.75) is 32.7 Å². The normalized spacial score (nSPS) is 13.6. The lowest BCUT2D eigenvalue weighted by Crippen LogP contribution is -2.45. The van der Waals surface area contributed by atoms with Crippen molar-refractivity contribution in [1.82, 2.24) is 5.32 Å². The molecule has 0 fully saturated rings. The van der Waals surface area contributed by atoms with E-state index in [1.54, 1.807) is 25.1 Å². The van der Waals surface area contributed by atoms with Crippen molar-refractivity contribution < 1.29 is 14.7 Å². The molecule has 1 rings (SSSR count). The van der Waals surface area contributed by atoms with Gasteiger partial charge in [0.05, 0.1) is 6.42 Å². The zero-order chi connectivity index (χ0) is 15.3. The van der Waals surface area contributed by atoms with Gasteiger partial charge in [-0.25, -0.2) is 4.79 Å². The van der Waals surface area contributed by atoms with E-state index in [1.165, 1.54) is 0 Å². The Bertz CT molecular complexity index is 485. The van der Waals surface area contributed by atoms with Crippen LogP contribution in [0.2, 0.25) is 10.0 Å². The molecule has 2 N–H and O–H groups in total. The number of aliphatic carboxylic acids is 1. The second kappa shape index (κ2) is 7.50. The fourth-order valence-electron chi connectivity index (χ4n) is 1.77. The predicted octanol–water partition coefficient (Wildman–Crippen LogP) is 3.15. The van der Waals surface area contributed by atoms with Crippen LogP contribution in [0, 0.1) is 5.92 Å². The summed E-state index contributed by atoms with van der Waals surface area (Å²) in [5.74, 6) is -1.61. The van der Waals surface area contributed by atoms with E-state index in [2.05, 4.69) is 5.32 Å². The maximum absolute atomic E-state index is 12.0. The molecule has 4 nitrogen and oxygen atoms in total. The van der Waals surface area contributed by atoms with Crippen molar-refractivity contribution in [3.8, 4) is 0 Å². The fourth-order valence-corrected chi connectivity index (χ4v) is 2.30. The van der Waals surface area contributed by atoms with Gasteiger partial charge in [0.25, 0.3) is 0 Å². The number of rotatable bonds is 6. The summed E-state index contributed by atoms with van der Waals surface area (Å²) in [6.07, 6.45) is 0.614. The average molecular weight is 318 g/mol. The summed E-state index contributed by atoms with van der Waals surface area (Å²) in [7, 11) is 0. The smallest absolute Gasteiger partial charge is 0.326 e. The van der Waals surface area contributed by atoms with E-state index in [1.807, 2.05) is 6.92 Å². The molecule has 20 heavy (non-hydrogen) atoms. The Morgan fingerprint density at radius 2 is 1.85 bits per heavy atom. The van der Waals surface area contributed by atoms with Gasteiger partial charge >= 0.3 is 5.97 Å². The summed E-state index contributed by atoms with van der Waals surface area (Å²) in [5, 5.41) is 12.4. The molecule has 0 bridgehead atoms. The lowest BCUT2D eigenvalue weighted by atomic mass is 9.99. The number of carbonyl (C=O) groups is 2. The zero-order valence-electron chi connectivity index (χ0n) is 11.3. The van der Waals surface area contributed by atoms with Crippen LogP contribution in [-0.2, 0) is 16.0 Å². The lowest BCUT2D eigenvalue weighted by molar-refractivity contribution is -0.143. The highest BCUT2D eigenvalue weighted by atomic mass is 35.5. The van der Waals surface area contributed by atoms with Gasteiger partial charge in [0.1, 0.15) is 6.04 Å². The Morgan fingerprint density at radius 1 is 1.30 bits per heavy atom. The highest BCUT2D eigenvalue weighted by Gasteiger charge is 2.25. The number of nitrogens with one attached hydrogen (secondary N) is 1. The molecule has 0 aliphatic heterocycles. The van der Waals surface area contributed by atoms with E-state index < -0.39 is 17.9 Å². The predicted molar refractivity (Wildman–Crippen MR) is 79.2 cm³/mol. The van der Waals surface area contributed by atoms with Gasteiger partial charge < -0.3 is 10.4 Å². The Morgan fingerprint density at radius 3 is 2.30 bits per heavy atom. The number of benzene rings is 1. The van der Waals surface area contributed by atoms with E-state index in [0.29, 0.717) is 22.0 Å². The third-order valence-electron chi connectivity index (χ3n) is 3.19. The van der Waals surface area contributed by atoms with Crippen molar-refractivity contribution in [3.05, 3.63) is 33.8 Å². The van der Waals surface area contributed by atoms with Gasteiger partial charge in [-0.3, -0.25) is 4.79 Å². The molecular formula is C14H17Cl2NO3. The fraction of sp³-hybridized carbons (Fsp3) is 0.429. The number of halogens is 2. The Balaban J connectivity index is 2.79. The number of carboxylic acid groups (broad SMARTS) is 1. The summed E-state index contributed by atoms with van der Waals surface area (Å²) in [5.41, 5.74) is 0.502. The molecule has 1 aromatic rings. The number of hydrogen-bond donors (Lipinski definition) is 2. The van der Waals surface area contributed by atoms with Gasteiger partial charge in [-0.2, -0.15) is 0 Å². The summed E-state index contributed by atoms with van der Waals surface area (Å²) in [6, 6.07) is 4.05. The largest absolute Gasteiger partial charge is 0.480 e. The minimum Gasteiger partial charge on any atom is -0.480 e. The van der Waals surface area contributed by atoms with E-state index in [-0.39, 0.29) is 12.3 Å². The van der Waals surface area contributed by atoms with Gasteiger partial charge in [-0.1, -0.05) is 49.5 Å². The molecule has 0 heterocycles.